The van der Waals surface area contributed by atoms with Crippen molar-refractivity contribution in [2.45, 2.75) is 43.3 Å². The van der Waals surface area contributed by atoms with Crippen LogP contribution in [0, 0.1) is 5.82 Å². The molecule has 1 saturated heterocycles. The van der Waals surface area contributed by atoms with Crippen molar-refractivity contribution in [3.05, 3.63) is 29.6 Å². The van der Waals surface area contributed by atoms with Gasteiger partial charge in [0.2, 0.25) is 10.0 Å². The summed E-state index contributed by atoms with van der Waals surface area (Å²) in [6.45, 7) is 0.582. The molecule has 5 nitrogen and oxygen atoms in total. The van der Waals surface area contributed by atoms with Gasteiger partial charge in [0, 0.05) is 13.2 Å². The molecule has 2 N–H and O–H groups in total. The van der Waals surface area contributed by atoms with E-state index in [-0.39, 0.29) is 19.3 Å². The van der Waals surface area contributed by atoms with Gasteiger partial charge in [0.1, 0.15) is 10.7 Å². The Hall–Kier alpha value is -1.02. The van der Waals surface area contributed by atoms with Crippen molar-refractivity contribution in [2.24, 2.45) is 0 Å². The highest BCUT2D eigenvalue weighted by Gasteiger charge is 2.20. The minimum atomic E-state index is -3.92. The van der Waals surface area contributed by atoms with Gasteiger partial charge in [-0.15, -0.1) is 0 Å². The van der Waals surface area contributed by atoms with Crippen LogP contribution in [0.5, 0.6) is 0 Å². The SMILES string of the molecule is O=S(=O)(NCCC1CCCCO1)c1cc(CO)ccc1F. The minimum absolute atomic E-state index is 0.0649. The molecular weight excluding hydrogens is 297 g/mol. The number of nitrogens with one attached hydrogen (secondary N) is 1. The fourth-order valence-electron chi connectivity index (χ4n) is 2.32. The molecule has 0 spiro atoms. The molecule has 1 unspecified atom stereocenters. The topological polar surface area (TPSA) is 75.6 Å². The third-order valence-corrected chi connectivity index (χ3v) is 4.98. The van der Waals surface area contributed by atoms with Crippen LogP contribution in [0.25, 0.3) is 0 Å². The smallest absolute Gasteiger partial charge is 0.243 e. The number of benzene rings is 1. The Morgan fingerprint density at radius 3 is 2.86 bits per heavy atom. The van der Waals surface area contributed by atoms with Crippen LogP contribution in [-0.4, -0.2) is 32.8 Å². The van der Waals surface area contributed by atoms with Crippen LogP contribution in [0.4, 0.5) is 4.39 Å². The van der Waals surface area contributed by atoms with Crippen molar-refractivity contribution >= 4 is 10.0 Å². The van der Waals surface area contributed by atoms with Crippen LogP contribution in [0.2, 0.25) is 0 Å². The molecule has 1 aromatic carbocycles. The molecule has 2 rings (SSSR count). The number of halogens is 1. The zero-order valence-electron chi connectivity index (χ0n) is 11.7. The molecule has 1 fully saturated rings. The maximum atomic E-state index is 13.7. The van der Waals surface area contributed by atoms with Crippen molar-refractivity contribution in [2.75, 3.05) is 13.2 Å². The Morgan fingerprint density at radius 2 is 2.19 bits per heavy atom. The molecule has 1 aromatic rings. The van der Waals surface area contributed by atoms with Crippen molar-refractivity contribution in [3.63, 3.8) is 0 Å². The highest BCUT2D eigenvalue weighted by Crippen LogP contribution is 2.18. The summed E-state index contributed by atoms with van der Waals surface area (Å²) in [6.07, 6.45) is 3.69. The minimum Gasteiger partial charge on any atom is -0.392 e. The van der Waals surface area contributed by atoms with Crippen LogP contribution in [0.15, 0.2) is 23.1 Å². The third kappa shape index (κ3) is 4.47. The highest BCUT2D eigenvalue weighted by atomic mass is 32.2. The average Bonchev–Trinajstić information content (AvgIpc) is 2.48. The second-order valence-corrected chi connectivity index (χ2v) is 6.83. The van der Waals surface area contributed by atoms with Crippen molar-refractivity contribution in [3.8, 4) is 0 Å². The van der Waals surface area contributed by atoms with E-state index in [2.05, 4.69) is 4.72 Å². The van der Waals surface area contributed by atoms with Gasteiger partial charge in [-0.05, 0) is 43.4 Å². The number of hydrogen-bond donors (Lipinski definition) is 2. The van der Waals surface area contributed by atoms with E-state index in [4.69, 9.17) is 9.84 Å². The van der Waals surface area contributed by atoms with E-state index in [1.807, 2.05) is 0 Å². The van der Waals surface area contributed by atoms with Gasteiger partial charge in [0.25, 0.3) is 0 Å². The lowest BCUT2D eigenvalue weighted by Crippen LogP contribution is -2.30. The molecule has 7 heteroatoms. The summed E-state index contributed by atoms with van der Waals surface area (Å²) >= 11 is 0. The average molecular weight is 317 g/mol. The lowest BCUT2D eigenvalue weighted by atomic mass is 10.1. The maximum absolute atomic E-state index is 13.7. The number of hydrogen-bond acceptors (Lipinski definition) is 4. The van der Waals surface area contributed by atoms with E-state index < -0.39 is 20.7 Å². The predicted octanol–water partition coefficient (Wildman–Crippen LogP) is 1.56. The van der Waals surface area contributed by atoms with Gasteiger partial charge in [-0.2, -0.15) is 0 Å². The van der Waals surface area contributed by atoms with E-state index >= 15 is 0 Å². The molecule has 0 aromatic heterocycles. The summed E-state index contributed by atoms with van der Waals surface area (Å²) in [7, 11) is -3.92. The molecule has 1 aliphatic heterocycles. The zero-order valence-corrected chi connectivity index (χ0v) is 12.5. The van der Waals surface area contributed by atoms with E-state index in [0.717, 1.165) is 31.4 Å². The number of rotatable bonds is 6. The molecule has 0 radical (unpaired) electrons. The number of aliphatic hydroxyl groups excluding tert-OH is 1. The summed E-state index contributed by atoms with van der Waals surface area (Å²) < 4.78 is 45.7. The Morgan fingerprint density at radius 1 is 1.38 bits per heavy atom. The van der Waals surface area contributed by atoms with E-state index in [9.17, 15) is 12.8 Å². The van der Waals surface area contributed by atoms with Crippen LogP contribution in [0.1, 0.15) is 31.2 Å². The first-order valence-electron chi connectivity index (χ1n) is 7.03. The zero-order chi connectivity index (χ0) is 15.3. The molecule has 21 heavy (non-hydrogen) atoms. The van der Waals surface area contributed by atoms with Crippen molar-refractivity contribution < 1.29 is 22.7 Å². The van der Waals surface area contributed by atoms with E-state index in [1.165, 1.54) is 6.07 Å². The standard InChI is InChI=1S/C14H20FNO4S/c15-13-5-4-11(10-17)9-14(13)21(18,19)16-7-6-12-3-1-2-8-20-12/h4-5,9,12,16-17H,1-3,6-8,10H2. The molecule has 118 valence electrons. The highest BCUT2D eigenvalue weighted by molar-refractivity contribution is 7.89. The Kier molecular flexibility index (Phi) is 5.69. The number of sulfonamides is 1. The van der Waals surface area contributed by atoms with Crippen molar-refractivity contribution in [1.82, 2.24) is 4.72 Å². The predicted molar refractivity (Wildman–Crippen MR) is 75.7 cm³/mol. The normalized spacial score (nSPS) is 19.6. The second-order valence-electron chi connectivity index (χ2n) is 5.10. The third-order valence-electron chi connectivity index (χ3n) is 3.50. The summed E-state index contributed by atoms with van der Waals surface area (Å²) in [5.74, 6) is -0.825. The molecule has 1 atom stereocenters. The summed E-state index contributed by atoms with van der Waals surface area (Å²) in [6, 6.07) is 3.54. The first kappa shape index (κ1) is 16.4. The largest absolute Gasteiger partial charge is 0.392 e. The van der Waals surface area contributed by atoms with Crippen LogP contribution in [0.3, 0.4) is 0 Å². The molecule has 0 saturated carbocycles. The van der Waals surface area contributed by atoms with Gasteiger partial charge < -0.3 is 9.84 Å². The number of ether oxygens (including phenoxy) is 1. The first-order valence-corrected chi connectivity index (χ1v) is 8.52. The molecule has 1 heterocycles. The molecular formula is C14H20FNO4S. The van der Waals surface area contributed by atoms with Gasteiger partial charge in [0.05, 0.1) is 12.7 Å². The maximum Gasteiger partial charge on any atom is 0.243 e. The fraction of sp³-hybridized carbons (Fsp3) is 0.571. The Bertz CT molecular complexity index is 570. The fourth-order valence-corrected chi connectivity index (χ4v) is 3.49. The molecule has 0 bridgehead atoms. The Balaban J connectivity index is 1.97. The summed E-state index contributed by atoms with van der Waals surface area (Å²) in [4.78, 5) is -0.432. The van der Waals surface area contributed by atoms with Gasteiger partial charge in [0.15, 0.2) is 0 Å². The van der Waals surface area contributed by atoms with E-state index in [0.29, 0.717) is 18.6 Å². The first-order chi connectivity index (χ1) is 10.0. The lowest BCUT2D eigenvalue weighted by Gasteiger charge is -2.22. The van der Waals surface area contributed by atoms with Gasteiger partial charge in [-0.3, -0.25) is 0 Å². The summed E-state index contributed by atoms with van der Waals surface area (Å²) in [5.41, 5.74) is 0.354. The van der Waals surface area contributed by atoms with Gasteiger partial charge in [-0.1, -0.05) is 6.07 Å². The Labute approximate surface area is 124 Å². The van der Waals surface area contributed by atoms with E-state index in [1.54, 1.807) is 0 Å². The van der Waals surface area contributed by atoms with Crippen molar-refractivity contribution in [1.29, 1.82) is 0 Å². The quantitative estimate of drug-likeness (QED) is 0.835. The van der Waals surface area contributed by atoms with Crippen LogP contribution in [-0.2, 0) is 21.4 Å². The van der Waals surface area contributed by atoms with Gasteiger partial charge in [-0.25, -0.2) is 17.5 Å². The monoisotopic (exact) mass is 317 g/mol. The second kappa shape index (κ2) is 7.31. The molecule has 0 aliphatic carbocycles. The summed E-state index contributed by atoms with van der Waals surface area (Å²) in [5, 5.41) is 9.01. The molecule has 0 amide bonds. The van der Waals surface area contributed by atoms with Crippen LogP contribution >= 0.6 is 0 Å². The number of aliphatic hydroxyl groups is 1. The van der Waals surface area contributed by atoms with Crippen LogP contribution < -0.4 is 4.72 Å². The molecule has 1 aliphatic rings. The lowest BCUT2D eigenvalue weighted by molar-refractivity contribution is 0.0123. The van der Waals surface area contributed by atoms with Gasteiger partial charge >= 0.3 is 0 Å².